The second kappa shape index (κ2) is 8.28. The molecule has 1 aliphatic rings. The van der Waals surface area contributed by atoms with Gasteiger partial charge in [0.15, 0.2) is 11.5 Å². The average molecular weight is 397 g/mol. The Balaban J connectivity index is 2.46. The van der Waals surface area contributed by atoms with Crippen LogP contribution in [0.5, 0.6) is 17.2 Å². The number of ether oxygens (including phenoxy) is 3. The highest BCUT2D eigenvalue weighted by Gasteiger charge is 2.30. The molecule has 1 aliphatic heterocycles. The van der Waals surface area contributed by atoms with Crippen LogP contribution in [0.15, 0.2) is 12.1 Å². The van der Waals surface area contributed by atoms with Crippen LogP contribution in [0.25, 0.3) is 0 Å². The van der Waals surface area contributed by atoms with Crippen molar-refractivity contribution in [2.24, 2.45) is 0 Å². The molecular weight excluding hydrogens is 382 g/mol. The van der Waals surface area contributed by atoms with Crippen LogP contribution < -0.4 is 19.5 Å². The second-order valence-corrected chi connectivity index (χ2v) is 7.17. The van der Waals surface area contributed by atoms with Gasteiger partial charge in [-0.3, -0.25) is 19.2 Å². The van der Waals surface area contributed by atoms with Gasteiger partial charge in [0.25, 0.3) is 0 Å². The molecule has 1 atom stereocenters. The molecular formula is C16H15NO7S2. The summed E-state index contributed by atoms with van der Waals surface area (Å²) in [6, 6.07) is 2.89. The van der Waals surface area contributed by atoms with Gasteiger partial charge >= 0.3 is 17.9 Å². The summed E-state index contributed by atoms with van der Waals surface area (Å²) in [6.45, 7) is 3.51. The summed E-state index contributed by atoms with van der Waals surface area (Å²) in [5.74, 6) is -2.61. The molecule has 0 saturated carbocycles. The Morgan fingerprint density at radius 3 is 1.92 bits per heavy atom. The molecule has 138 valence electrons. The lowest BCUT2D eigenvalue weighted by Gasteiger charge is -2.15. The van der Waals surface area contributed by atoms with E-state index in [1.54, 1.807) is 0 Å². The van der Waals surface area contributed by atoms with Crippen molar-refractivity contribution in [3.8, 4) is 17.2 Å². The monoisotopic (exact) mass is 397 g/mol. The van der Waals surface area contributed by atoms with Crippen LogP contribution in [0.2, 0.25) is 0 Å². The highest BCUT2D eigenvalue weighted by molar-refractivity contribution is 8.24. The number of thiocarbonyl (C=S) groups is 1. The molecule has 26 heavy (non-hydrogen) atoms. The van der Waals surface area contributed by atoms with Crippen LogP contribution in [-0.4, -0.2) is 33.4 Å². The topological polar surface area (TPSA) is 108 Å². The Morgan fingerprint density at radius 1 is 1.04 bits per heavy atom. The van der Waals surface area contributed by atoms with E-state index in [1.165, 1.54) is 37.7 Å². The summed E-state index contributed by atoms with van der Waals surface area (Å²) in [5.41, 5.74) is 0.533. The molecule has 0 radical (unpaired) electrons. The van der Waals surface area contributed by atoms with E-state index >= 15 is 0 Å². The zero-order valence-corrected chi connectivity index (χ0v) is 15.7. The maximum Gasteiger partial charge on any atom is 0.308 e. The molecule has 1 aromatic carbocycles. The number of amides is 1. The van der Waals surface area contributed by atoms with Crippen LogP contribution in [0.3, 0.4) is 0 Å². The SMILES string of the molecule is CC(=O)Oc1cc(CC2SC(=S)NC2=O)cc(OC(C)=O)c1OC(C)=O. The van der Waals surface area contributed by atoms with E-state index in [1.807, 2.05) is 0 Å². The number of carbonyl (C=O) groups is 4. The Bertz CT molecular complexity index is 769. The van der Waals surface area contributed by atoms with Crippen LogP contribution in [0.1, 0.15) is 26.3 Å². The number of thioether (sulfide) groups is 1. The minimum atomic E-state index is -0.685. The Labute approximate surface area is 158 Å². The fraction of sp³-hybridized carbons (Fsp3) is 0.312. The molecule has 1 amide bonds. The third kappa shape index (κ3) is 5.27. The molecule has 10 heteroatoms. The fourth-order valence-corrected chi connectivity index (χ4v) is 3.50. The van der Waals surface area contributed by atoms with Crippen molar-refractivity contribution in [2.75, 3.05) is 0 Å². The van der Waals surface area contributed by atoms with Gasteiger partial charge in [0, 0.05) is 20.8 Å². The standard InChI is InChI=1S/C16H15NO7S2/c1-7(18)22-11-4-10(6-13-15(21)17-16(25)26-13)5-12(23-8(2)19)14(11)24-9(3)20/h4-5,13H,6H2,1-3H3,(H,17,21,25). The second-order valence-electron chi connectivity index (χ2n) is 5.29. The molecule has 1 aromatic rings. The maximum atomic E-state index is 11.9. The van der Waals surface area contributed by atoms with Crippen LogP contribution in [0.4, 0.5) is 0 Å². The molecule has 1 unspecified atom stereocenters. The quantitative estimate of drug-likeness (QED) is 0.449. The molecule has 0 spiro atoms. The van der Waals surface area contributed by atoms with Crippen molar-refractivity contribution in [2.45, 2.75) is 32.4 Å². The van der Waals surface area contributed by atoms with Crippen molar-refractivity contribution < 1.29 is 33.4 Å². The molecule has 1 fully saturated rings. The summed E-state index contributed by atoms with van der Waals surface area (Å²) < 4.78 is 15.6. The molecule has 1 saturated heterocycles. The normalized spacial score (nSPS) is 16.0. The van der Waals surface area contributed by atoms with Crippen molar-refractivity contribution >= 4 is 52.1 Å². The first kappa shape index (κ1) is 19.9. The molecule has 0 aromatic heterocycles. The van der Waals surface area contributed by atoms with Gasteiger partial charge < -0.3 is 19.5 Å². The average Bonchev–Trinajstić information content (AvgIpc) is 2.79. The highest BCUT2D eigenvalue weighted by Crippen LogP contribution is 2.40. The van der Waals surface area contributed by atoms with Gasteiger partial charge in [-0.25, -0.2) is 0 Å². The van der Waals surface area contributed by atoms with E-state index in [0.717, 1.165) is 6.92 Å². The zero-order valence-electron chi connectivity index (χ0n) is 14.1. The van der Waals surface area contributed by atoms with Crippen LogP contribution >= 0.6 is 24.0 Å². The predicted octanol–water partition coefficient (Wildman–Crippen LogP) is 1.52. The van der Waals surface area contributed by atoms with Gasteiger partial charge in [0.2, 0.25) is 11.7 Å². The largest absolute Gasteiger partial charge is 0.423 e. The molecule has 0 aliphatic carbocycles. The first-order chi connectivity index (χ1) is 12.2. The number of carbonyl (C=O) groups excluding carboxylic acids is 4. The zero-order chi connectivity index (χ0) is 19.4. The molecule has 8 nitrogen and oxygen atoms in total. The predicted molar refractivity (Wildman–Crippen MR) is 96.2 cm³/mol. The molecule has 0 bridgehead atoms. The Hall–Kier alpha value is -2.46. The highest BCUT2D eigenvalue weighted by atomic mass is 32.2. The van der Waals surface area contributed by atoms with E-state index in [4.69, 9.17) is 26.4 Å². The smallest absolute Gasteiger partial charge is 0.308 e. The van der Waals surface area contributed by atoms with E-state index in [9.17, 15) is 19.2 Å². The lowest BCUT2D eigenvalue weighted by Crippen LogP contribution is -2.25. The maximum absolute atomic E-state index is 11.9. The van der Waals surface area contributed by atoms with Crippen molar-refractivity contribution in [3.05, 3.63) is 17.7 Å². The summed E-state index contributed by atoms with van der Waals surface area (Å²) in [4.78, 5) is 46.0. The van der Waals surface area contributed by atoms with Crippen molar-refractivity contribution in [1.82, 2.24) is 5.32 Å². The van der Waals surface area contributed by atoms with Crippen molar-refractivity contribution in [3.63, 3.8) is 0 Å². The Kier molecular flexibility index (Phi) is 6.32. The summed E-state index contributed by atoms with van der Waals surface area (Å²) in [5, 5.41) is 2.06. The summed E-state index contributed by atoms with van der Waals surface area (Å²) in [6.07, 6.45) is 0.236. The number of nitrogens with one attached hydrogen (secondary N) is 1. The van der Waals surface area contributed by atoms with E-state index in [2.05, 4.69) is 5.32 Å². The van der Waals surface area contributed by atoms with Gasteiger partial charge in [0.05, 0.1) is 5.25 Å². The van der Waals surface area contributed by atoms with Crippen LogP contribution in [0, 0.1) is 0 Å². The Morgan fingerprint density at radius 2 is 1.54 bits per heavy atom. The van der Waals surface area contributed by atoms with Gasteiger partial charge in [0.1, 0.15) is 4.32 Å². The van der Waals surface area contributed by atoms with Gasteiger partial charge in [-0.2, -0.15) is 0 Å². The van der Waals surface area contributed by atoms with E-state index < -0.39 is 23.2 Å². The number of rotatable bonds is 5. The van der Waals surface area contributed by atoms with Gasteiger partial charge in [-0.1, -0.05) is 24.0 Å². The third-order valence-corrected chi connectivity index (χ3v) is 4.39. The summed E-state index contributed by atoms with van der Waals surface area (Å²) >= 11 is 6.15. The first-order valence-electron chi connectivity index (χ1n) is 7.39. The number of esters is 3. The fourth-order valence-electron chi connectivity index (χ4n) is 2.20. The minimum absolute atomic E-state index is 0.0903. The van der Waals surface area contributed by atoms with Crippen molar-refractivity contribution in [1.29, 1.82) is 0 Å². The van der Waals surface area contributed by atoms with E-state index in [0.29, 0.717) is 9.88 Å². The minimum Gasteiger partial charge on any atom is -0.423 e. The third-order valence-electron chi connectivity index (χ3n) is 3.02. The first-order valence-corrected chi connectivity index (χ1v) is 8.68. The molecule has 1 heterocycles. The number of benzene rings is 1. The molecule has 2 rings (SSSR count). The number of hydrogen-bond acceptors (Lipinski definition) is 9. The van der Waals surface area contributed by atoms with Crippen LogP contribution in [-0.2, 0) is 25.6 Å². The lowest BCUT2D eigenvalue weighted by molar-refractivity contribution is -0.135. The summed E-state index contributed by atoms with van der Waals surface area (Å²) in [7, 11) is 0. The lowest BCUT2D eigenvalue weighted by atomic mass is 10.1. The van der Waals surface area contributed by atoms with Gasteiger partial charge in [-0.15, -0.1) is 0 Å². The van der Waals surface area contributed by atoms with Gasteiger partial charge in [-0.05, 0) is 24.1 Å². The molecule has 1 N–H and O–H groups in total. The van der Waals surface area contributed by atoms with E-state index in [-0.39, 0.29) is 29.6 Å². The number of hydrogen-bond donors (Lipinski definition) is 1.